The number of nitrogens with one attached hydrogen (secondary N) is 1. The van der Waals surface area contributed by atoms with Gasteiger partial charge in [-0.05, 0) is 35.1 Å². The lowest BCUT2D eigenvalue weighted by atomic mass is 10.1. The number of amides is 1. The summed E-state index contributed by atoms with van der Waals surface area (Å²) < 4.78 is 3.83. The number of benzene rings is 1. The molecule has 1 aromatic carbocycles. The lowest BCUT2D eigenvalue weighted by molar-refractivity contribution is 0.102. The van der Waals surface area contributed by atoms with Crippen molar-refractivity contribution < 1.29 is 9.90 Å². The van der Waals surface area contributed by atoms with Gasteiger partial charge in [-0.1, -0.05) is 30.5 Å². The zero-order valence-corrected chi connectivity index (χ0v) is 11.6. The molecule has 0 aliphatic rings. The van der Waals surface area contributed by atoms with E-state index in [1.807, 2.05) is 13.8 Å². The van der Waals surface area contributed by atoms with Gasteiger partial charge >= 0.3 is 0 Å². The maximum absolute atomic E-state index is 12.1. The van der Waals surface area contributed by atoms with Crippen molar-refractivity contribution in [1.82, 2.24) is 9.59 Å². The molecule has 0 bridgehead atoms. The van der Waals surface area contributed by atoms with Crippen LogP contribution < -0.4 is 5.32 Å². The highest BCUT2D eigenvalue weighted by Gasteiger charge is 2.18. The van der Waals surface area contributed by atoms with E-state index < -0.39 is 0 Å². The normalized spacial score (nSPS) is 10.7. The summed E-state index contributed by atoms with van der Waals surface area (Å²) in [5.41, 5.74) is 2.21. The van der Waals surface area contributed by atoms with Crippen molar-refractivity contribution in [1.29, 1.82) is 0 Å². The summed E-state index contributed by atoms with van der Waals surface area (Å²) in [5.74, 6) is -0.0355. The first-order valence-corrected chi connectivity index (χ1v) is 6.72. The molecular formula is C13H15N3O2S. The molecule has 5 nitrogen and oxygen atoms in total. The number of anilines is 1. The van der Waals surface area contributed by atoms with E-state index in [2.05, 4.69) is 14.9 Å². The average Bonchev–Trinajstić information content (AvgIpc) is 2.89. The molecular weight excluding hydrogens is 262 g/mol. The van der Waals surface area contributed by atoms with Gasteiger partial charge in [0, 0.05) is 5.69 Å². The monoisotopic (exact) mass is 277 g/mol. The van der Waals surface area contributed by atoms with Gasteiger partial charge in [0.15, 0.2) is 0 Å². The molecule has 2 N–H and O–H groups in total. The number of carbonyl (C=O) groups is 1. The van der Waals surface area contributed by atoms with Gasteiger partial charge in [0.2, 0.25) is 0 Å². The second kappa shape index (κ2) is 5.90. The number of aromatic nitrogens is 2. The third-order valence-electron chi connectivity index (χ3n) is 2.66. The number of aliphatic hydroxyl groups is 1. The van der Waals surface area contributed by atoms with Gasteiger partial charge in [-0.25, -0.2) is 0 Å². The van der Waals surface area contributed by atoms with Gasteiger partial charge in [0.05, 0.1) is 12.3 Å². The van der Waals surface area contributed by atoms with Crippen LogP contribution in [0.5, 0.6) is 0 Å². The van der Waals surface area contributed by atoms with Crippen LogP contribution in [-0.4, -0.2) is 20.6 Å². The van der Waals surface area contributed by atoms with Crippen LogP contribution in [0.3, 0.4) is 0 Å². The molecule has 0 atom stereocenters. The van der Waals surface area contributed by atoms with Crippen LogP contribution in [0.1, 0.15) is 40.7 Å². The molecule has 0 fully saturated rings. The topological polar surface area (TPSA) is 75.1 Å². The van der Waals surface area contributed by atoms with Crippen molar-refractivity contribution in [2.24, 2.45) is 0 Å². The van der Waals surface area contributed by atoms with Crippen molar-refractivity contribution in [3.05, 3.63) is 40.4 Å². The highest BCUT2D eigenvalue weighted by molar-refractivity contribution is 7.08. The fraction of sp³-hybridized carbons (Fsp3) is 0.308. The van der Waals surface area contributed by atoms with Crippen molar-refractivity contribution in [2.45, 2.75) is 26.4 Å². The molecule has 19 heavy (non-hydrogen) atoms. The van der Waals surface area contributed by atoms with Crippen LogP contribution in [-0.2, 0) is 6.61 Å². The Morgan fingerprint density at radius 1 is 1.37 bits per heavy atom. The minimum atomic E-state index is -0.199. The predicted octanol–water partition coefficient (Wildman–Crippen LogP) is 2.41. The van der Waals surface area contributed by atoms with Gasteiger partial charge in [0.1, 0.15) is 4.88 Å². The summed E-state index contributed by atoms with van der Waals surface area (Å²) in [6.45, 7) is 3.94. The summed E-state index contributed by atoms with van der Waals surface area (Å²) in [4.78, 5) is 12.7. The molecule has 0 saturated carbocycles. The van der Waals surface area contributed by atoms with E-state index in [1.165, 1.54) is 0 Å². The number of rotatable bonds is 4. The van der Waals surface area contributed by atoms with Crippen LogP contribution in [0.2, 0.25) is 0 Å². The molecule has 100 valence electrons. The Morgan fingerprint density at radius 2 is 2.05 bits per heavy atom. The fourth-order valence-electron chi connectivity index (χ4n) is 1.61. The molecule has 0 saturated heterocycles. The lowest BCUT2D eigenvalue weighted by Gasteiger charge is -2.06. The van der Waals surface area contributed by atoms with Gasteiger partial charge < -0.3 is 10.4 Å². The molecule has 0 aliphatic carbocycles. The minimum Gasteiger partial charge on any atom is -0.392 e. The van der Waals surface area contributed by atoms with Gasteiger partial charge in [-0.3, -0.25) is 4.79 Å². The van der Waals surface area contributed by atoms with Crippen LogP contribution in [0.4, 0.5) is 5.69 Å². The first-order chi connectivity index (χ1) is 9.11. The number of carbonyl (C=O) groups excluding carboxylic acids is 1. The molecule has 2 aromatic rings. The Balaban J connectivity index is 2.13. The Bertz CT molecular complexity index is 564. The predicted molar refractivity (Wildman–Crippen MR) is 74.3 cm³/mol. The summed E-state index contributed by atoms with van der Waals surface area (Å²) >= 11 is 1.10. The van der Waals surface area contributed by atoms with Crippen molar-refractivity contribution in [2.75, 3.05) is 5.32 Å². The second-order valence-corrected chi connectivity index (χ2v) is 5.21. The molecule has 1 amide bonds. The third-order valence-corrected chi connectivity index (χ3v) is 3.40. The average molecular weight is 277 g/mol. The summed E-state index contributed by atoms with van der Waals surface area (Å²) in [6, 6.07) is 7.05. The first-order valence-electron chi connectivity index (χ1n) is 5.95. The molecule has 2 rings (SSSR count). The summed E-state index contributed by atoms with van der Waals surface area (Å²) in [6.07, 6.45) is 0. The zero-order chi connectivity index (χ0) is 13.8. The molecule has 0 radical (unpaired) electrons. The number of nitrogens with zero attached hydrogens (tertiary/aromatic N) is 2. The minimum absolute atomic E-state index is 0.00944. The smallest absolute Gasteiger partial charge is 0.269 e. The number of aliphatic hydroxyl groups excluding tert-OH is 1. The quantitative estimate of drug-likeness (QED) is 0.900. The van der Waals surface area contributed by atoms with E-state index in [-0.39, 0.29) is 18.4 Å². The van der Waals surface area contributed by atoms with E-state index in [1.54, 1.807) is 24.3 Å². The van der Waals surface area contributed by atoms with Gasteiger partial charge in [-0.15, -0.1) is 5.10 Å². The Labute approximate surface area is 115 Å². The maximum Gasteiger partial charge on any atom is 0.269 e. The van der Waals surface area contributed by atoms with Crippen LogP contribution in [0, 0.1) is 0 Å². The van der Waals surface area contributed by atoms with Gasteiger partial charge in [-0.2, -0.15) is 0 Å². The highest BCUT2D eigenvalue weighted by atomic mass is 32.1. The lowest BCUT2D eigenvalue weighted by Crippen LogP contribution is -2.13. The summed E-state index contributed by atoms with van der Waals surface area (Å²) in [5, 5.41) is 15.7. The summed E-state index contributed by atoms with van der Waals surface area (Å²) in [7, 11) is 0. The van der Waals surface area contributed by atoms with Crippen molar-refractivity contribution in [3.8, 4) is 0 Å². The van der Waals surface area contributed by atoms with E-state index in [0.29, 0.717) is 10.6 Å². The number of hydrogen-bond acceptors (Lipinski definition) is 5. The first kappa shape index (κ1) is 13.6. The van der Waals surface area contributed by atoms with Crippen LogP contribution in [0.25, 0.3) is 0 Å². The molecule has 0 aliphatic heterocycles. The van der Waals surface area contributed by atoms with E-state index in [9.17, 15) is 4.79 Å². The third kappa shape index (κ3) is 3.15. The molecule has 1 aromatic heterocycles. The second-order valence-electron chi connectivity index (χ2n) is 4.45. The molecule has 0 spiro atoms. The van der Waals surface area contributed by atoms with Crippen LogP contribution >= 0.6 is 11.5 Å². The largest absolute Gasteiger partial charge is 0.392 e. The number of hydrogen-bond donors (Lipinski definition) is 2. The molecule has 1 heterocycles. The maximum atomic E-state index is 12.1. The Hall–Kier alpha value is -1.79. The SMILES string of the molecule is CC(C)c1nnsc1C(=O)Nc1ccc(CO)cc1. The van der Waals surface area contributed by atoms with E-state index >= 15 is 0 Å². The Kier molecular flexibility index (Phi) is 4.24. The van der Waals surface area contributed by atoms with Crippen molar-refractivity contribution >= 4 is 23.1 Å². The van der Waals surface area contributed by atoms with E-state index in [0.717, 1.165) is 22.8 Å². The standard InChI is InChI=1S/C13H15N3O2S/c1-8(2)11-12(19-16-15-11)13(18)14-10-5-3-9(7-17)4-6-10/h3-6,8,17H,7H2,1-2H3,(H,14,18). The zero-order valence-electron chi connectivity index (χ0n) is 10.8. The van der Waals surface area contributed by atoms with E-state index in [4.69, 9.17) is 5.11 Å². The molecule has 0 unspecified atom stereocenters. The highest BCUT2D eigenvalue weighted by Crippen LogP contribution is 2.21. The van der Waals surface area contributed by atoms with Crippen molar-refractivity contribution in [3.63, 3.8) is 0 Å². The molecule has 6 heteroatoms. The van der Waals surface area contributed by atoms with Gasteiger partial charge in [0.25, 0.3) is 5.91 Å². The van der Waals surface area contributed by atoms with Crippen LogP contribution in [0.15, 0.2) is 24.3 Å². The fourth-order valence-corrected chi connectivity index (χ4v) is 2.33. The Morgan fingerprint density at radius 3 is 2.63 bits per heavy atom.